The Morgan fingerprint density at radius 2 is 1.92 bits per heavy atom. The van der Waals surface area contributed by atoms with Crippen molar-refractivity contribution in [3.8, 4) is 0 Å². The van der Waals surface area contributed by atoms with Crippen LogP contribution in [-0.2, 0) is 5.54 Å². The third-order valence-corrected chi connectivity index (χ3v) is 6.31. The molecule has 2 aromatic rings. The molecule has 1 aromatic heterocycles. The van der Waals surface area contributed by atoms with E-state index in [1.807, 2.05) is 34.9 Å². The van der Waals surface area contributed by atoms with Crippen LogP contribution < -0.4 is 4.90 Å². The zero-order chi connectivity index (χ0) is 18.5. The molecule has 2 heterocycles. The van der Waals surface area contributed by atoms with E-state index in [1.54, 1.807) is 0 Å². The minimum absolute atomic E-state index is 0.0250. The van der Waals surface area contributed by atoms with E-state index in [1.165, 1.54) is 23.4 Å². The Hall–Kier alpha value is -1.75. The van der Waals surface area contributed by atoms with E-state index >= 15 is 0 Å². The lowest BCUT2D eigenvalue weighted by molar-refractivity contribution is 0.0980. The van der Waals surface area contributed by atoms with Crippen LogP contribution in [0.5, 0.6) is 0 Å². The van der Waals surface area contributed by atoms with Gasteiger partial charge in [0, 0.05) is 28.3 Å². The predicted octanol–water partition coefficient (Wildman–Crippen LogP) is 5.05. The first-order chi connectivity index (χ1) is 12.3. The smallest absolute Gasteiger partial charge is 0.278 e. The molecule has 26 heavy (non-hydrogen) atoms. The van der Waals surface area contributed by atoms with Gasteiger partial charge >= 0.3 is 0 Å². The standard InChI is InChI=1S/C21H27N3OS/c1-14-11-12-23(17-7-5-6-8-19(17)26-14)20(25)16-13-18(15-9-10-15)24(22-16)21(2,3)4/h5-8,13-15H,9-12H2,1-4H3. The Balaban J connectivity index is 1.72. The Labute approximate surface area is 160 Å². The largest absolute Gasteiger partial charge is 0.306 e. The summed E-state index contributed by atoms with van der Waals surface area (Å²) in [5, 5.41) is 5.26. The normalized spacial score (nSPS) is 20.6. The van der Waals surface area contributed by atoms with Gasteiger partial charge in [-0.1, -0.05) is 19.1 Å². The zero-order valence-electron chi connectivity index (χ0n) is 16.0. The SMILES string of the molecule is CC1CCN(C(=O)c2cc(C3CC3)n(C(C)(C)C)n2)c2ccccc2S1. The predicted molar refractivity (Wildman–Crippen MR) is 107 cm³/mol. The molecule has 1 atom stereocenters. The number of fused-ring (bicyclic) bond motifs is 1. The molecular weight excluding hydrogens is 342 g/mol. The summed E-state index contributed by atoms with van der Waals surface area (Å²) in [5.74, 6) is 0.590. The molecule has 1 aliphatic carbocycles. The van der Waals surface area contributed by atoms with Crippen LogP contribution in [0.1, 0.15) is 69.1 Å². The maximum Gasteiger partial charge on any atom is 0.278 e. The number of benzene rings is 1. The van der Waals surface area contributed by atoms with Crippen molar-refractivity contribution in [2.24, 2.45) is 0 Å². The van der Waals surface area contributed by atoms with Crippen LogP contribution in [0.15, 0.2) is 35.2 Å². The Bertz CT molecular complexity index is 832. The van der Waals surface area contributed by atoms with Gasteiger partial charge in [0.2, 0.25) is 0 Å². The summed E-state index contributed by atoms with van der Waals surface area (Å²) in [6.45, 7) is 9.43. The van der Waals surface area contributed by atoms with E-state index in [2.05, 4.69) is 44.5 Å². The van der Waals surface area contributed by atoms with E-state index in [9.17, 15) is 4.79 Å². The highest BCUT2D eigenvalue weighted by atomic mass is 32.2. The van der Waals surface area contributed by atoms with E-state index < -0.39 is 0 Å². The summed E-state index contributed by atoms with van der Waals surface area (Å²) < 4.78 is 2.07. The molecule has 0 saturated heterocycles. The number of amides is 1. The molecule has 1 aromatic carbocycles. The fraction of sp³-hybridized carbons (Fsp3) is 0.524. The third-order valence-electron chi connectivity index (χ3n) is 5.08. The number of carbonyl (C=O) groups excluding carboxylic acids is 1. The quantitative estimate of drug-likeness (QED) is 0.744. The van der Waals surface area contributed by atoms with E-state index in [0.29, 0.717) is 16.9 Å². The van der Waals surface area contributed by atoms with Gasteiger partial charge in [-0.2, -0.15) is 5.10 Å². The van der Waals surface area contributed by atoms with Crippen molar-refractivity contribution in [2.75, 3.05) is 11.4 Å². The van der Waals surface area contributed by atoms with Crippen molar-refractivity contribution in [3.63, 3.8) is 0 Å². The fourth-order valence-electron chi connectivity index (χ4n) is 3.54. The first-order valence-corrected chi connectivity index (χ1v) is 10.4. The number of para-hydroxylation sites is 1. The second-order valence-corrected chi connectivity index (χ2v) is 9.93. The number of nitrogens with zero attached hydrogens (tertiary/aromatic N) is 3. The maximum absolute atomic E-state index is 13.4. The highest BCUT2D eigenvalue weighted by Crippen LogP contribution is 2.42. The Kier molecular flexibility index (Phi) is 4.38. The van der Waals surface area contributed by atoms with Crippen molar-refractivity contribution in [2.45, 2.75) is 68.6 Å². The number of hydrogen-bond acceptors (Lipinski definition) is 3. The lowest BCUT2D eigenvalue weighted by Gasteiger charge is -2.23. The van der Waals surface area contributed by atoms with Gasteiger partial charge in [-0.25, -0.2) is 0 Å². The summed E-state index contributed by atoms with van der Waals surface area (Å²) in [6.07, 6.45) is 3.40. The highest BCUT2D eigenvalue weighted by molar-refractivity contribution is 8.00. The topological polar surface area (TPSA) is 38.1 Å². The third kappa shape index (κ3) is 3.29. The van der Waals surface area contributed by atoms with Gasteiger partial charge in [0.1, 0.15) is 0 Å². The van der Waals surface area contributed by atoms with Gasteiger partial charge in [0.25, 0.3) is 5.91 Å². The first-order valence-electron chi connectivity index (χ1n) is 9.52. The summed E-state index contributed by atoms with van der Waals surface area (Å²) in [6, 6.07) is 10.3. The van der Waals surface area contributed by atoms with Crippen LogP contribution in [0.3, 0.4) is 0 Å². The molecule has 2 aliphatic rings. The molecule has 1 saturated carbocycles. The van der Waals surface area contributed by atoms with E-state index in [-0.39, 0.29) is 11.4 Å². The second kappa shape index (κ2) is 6.45. The van der Waals surface area contributed by atoms with Crippen LogP contribution in [0.25, 0.3) is 0 Å². The number of rotatable bonds is 2. The summed E-state index contributed by atoms with van der Waals surface area (Å²) in [5.41, 5.74) is 2.70. The highest BCUT2D eigenvalue weighted by Gasteiger charge is 2.34. The van der Waals surface area contributed by atoms with Crippen molar-refractivity contribution < 1.29 is 4.79 Å². The molecule has 4 nitrogen and oxygen atoms in total. The number of aromatic nitrogens is 2. The molecule has 5 heteroatoms. The molecular formula is C21H27N3OS. The van der Waals surface area contributed by atoms with Gasteiger partial charge in [-0.15, -0.1) is 11.8 Å². The average molecular weight is 370 g/mol. The Morgan fingerprint density at radius 3 is 2.62 bits per heavy atom. The van der Waals surface area contributed by atoms with E-state index in [0.717, 1.165) is 18.7 Å². The van der Waals surface area contributed by atoms with Crippen molar-refractivity contribution >= 4 is 23.4 Å². The monoisotopic (exact) mass is 369 g/mol. The van der Waals surface area contributed by atoms with Crippen LogP contribution in [0.4, 0.5) is 5.69 Å². The molecule has 0 radical (unpaired) electrons. The lowest BCUT2D eigenvalue weighted by atomic mass is 10.1. The minimum atomic E-state index is -0.114. The average Bonchev–Trinajstić information content (AvgIpc) is 3.35. The molecule has 138 valence electrons. The fourth-order valence-corrected chi connectivity index (χ4v) is 4.66. The molecule has 0 N–H and O–H groups in total. The number of thioether (sulfide) groups is 1. The molecule has 1 fully saturated rings. The molecule has 1 amide bonds. The molecule has 0 bridgehead atoms. The summed E-state index contributed by atoms with van der Waals surface area (Å²) in [4.78, 5) is 16.5. The van der Waals surface area contributed by atoms with Gasteiger partial charge in [0.15, 0.2) is 5.69 Å². The molecule has 0 spiro atoms. The van der Waals surface area contributed by atoms with Gasteiger partial charge in [-0.05, 0) is 58.2 Å². The number of anilines is 1. The van der Waals surface area contributed by atoms with Crippen molar-refractivity contribution in [1.82, 2.24) is 9.78 Å². The van der Waals surface area contributed by atoms with Crippen LogP contribution in [0, 0.1) is 0 Å². The summed E-state index contributed by atoms with van der Waals surface area (Å²) >= 11 is 1.86. The van der Waals surface area contributed by atoms with Gasteiger partial charge in [0.05, 0.1) is 11.2 Å². The van der Waals surface area contributed by atoms with Crippen LogP contribution in [0.2, 0.25) is 0 Å². The summed E-state index contributed by atoms with van der Waals surface area (Å²) in [7, 11) is 0. The van der Waals surface area contributed by atoms with Crippen molar-refractivity contribution in [1.29, 1.82) is 0 Å². The van der Waals surface area contributed by atoms with Gasteiger partial charge < -0.3 is 4.90 Å². The van der Waals surface area contributed by atoms with E-state index in [4.69, 9.17) is 5.10 Å². The van der Waals surface area contributed by atoms with Gasteiger partial charge in [-0.3, -0.25) is 9.48 Å². The molecule has 1 aliphatic heterocycles. The van der Waals surface area contributed by atoms with Crippen LogP contribution in [-0.4, -0.2) is 27.5 Å². The maximum atomic E-state index is 13.4. The Morgan fingerprint density at radius 1 is 1.19 bits per heavy atom. The number of hydrogen-bond donors (Lipinski definition) is 0. The first kappa shape index (κ1) is 17.7. The number of carbonyl (C=O) groups is 1. The second-order valence-electron chi connectivity index (χ2n) is 8.45. The molecule has 1 unspecified atom stereocenters. The minimum Gasteiger partial charge on any atom is -0.306 e. The van der Waals surface area contributed by atoms with Crippen molar-refractivity contribution in [3.05, 3.63) is 41.7 Å². The lowest BCUT2D eigenvalue weighted by Crippen LogP contribution is -2.33. The van der Waals surface area contributed by atoms with Crippen LogP contribution >= 0.6 is 11.8 Å². The molecule has 4 rings (SSSR count). The zero-order valence-corrected chi connectivity index (χ0v) is 16.8.